The molecule has 3 N–H and O–H groups in total. The zero-order chi connectivity index (χ0) is 12.2. The molecule has 90 valence electrons. The minimum Gasteiger partial charge on any atom is -0.399 e. The van der Waals surface area contributed by atoms with Crippen molar-refractivity contribution in [3.8, 4) is 0 Å². The maximum Gasteiger partial charge on any atom is 0.137 e. The molecule has 16 heavy (non-hydrogen) atoms. The van der Waals surface area contributed by atoms with Crippen molar-refractivity contribution in [1.29, 1.82) is 0 Å². The molecule has 0 aromatic heterocycles. The normalized spacial score (nSPS) is 16.4. The van der Waals surface area contributed by atoms with E-state index in [9.17, 15) is 4.21 Å². The Balaban J connectivity index is 3.20. The molecule has 1 rings (SSSR count). The Morgan fingerprint density at radius 1 is 1.44 bits per heavy atom. The molecule has 0 amide bonds. The molecular weight excluding hydrogens is 222 g/mol. The van der Waals surface area contributed by atoms with E-state index in [1.807, 2.05) is 13.8 Å². The van der Waals surface area contributed by atoms with Gasteiger partial charge in [0, 0.05) is 5.69 Å². The lowest BCUT2D eigenvalue weighted by atomic mass is 10.3. The van der Waals surface area contributed by atoms with E-state index >= 15 is 0 Å². The summed E-state index contributed by atoms with van der Waals surface area (Å²) in [6, 6.07) is 7.04. The van der Waals surface area contributed by atoms with Crippen LogP contribution in [0.4, 0.5) is 5.69 Å². The van der Waals surface area contributed by atoms with Gasteiger partial charge in [-0.25, -0.2) is 13.3 Å². The molecule has 1 aromatic carbocycles. The van der Waals surface area contributed by atoms with Crippen molar-refractivity contribution < 1.29 is 4.21 Å². The first-order chi connectivity index (χ1) is 7.51. The van der Waals surface area contributed by atoms with E-state index in [-0.39, 0.29) is 6.04 Å². The van der Waals surface area contributed by atoms with Crippen LogP contribution < -0.4 is 10.5 Å². The largest absolute Gasteiger partial charge is 0.399 e. The Hall–Kier alpha value is -1.07. The molecule has 0 bridgehead atoms. The van der Waals surface area contributed by atoms with Crippen molar-refractivity contribution in [3.63, 3.8) is 0 Å². The van der Waals surface area contributed by atoms with E-state index in [0.29, 0.717) is 10.6 Å². The number of anilines is 1. The Morgan fingerprint density at radius 3 is 2.44 bits per heavy atom. The van der Waals surface area contributed by atoms with Gasteiger partial charge < -0.3 is 5.73 Å². The van der Waals surface area contributed by atoms with Crippen molar-refractivity contribution in [2.45, 2.75) is 31.2 Å². The molecule has 1 aromatic rings. The highest BCUT2D eigenvalue weighted by Crippen LogP contribution is 2.15. The summed E-state index contributed by atoms with van der Waals surface area (Å²) in [7, 11) is -0.857. The van der Waals surface area contributed by atoms with Crippen molar-refractivity contribution >= 4 is 15.6 Å². The van der Waals surface area contributed by atoms with Gasteiger partial charge >= 0.3 is 0 Å². The summed E-state index contributed by atoms with van der Waals surface area (Å²) in [5.41, 5.74) is 6.25. The molecule has 0 radical (unpaired) electrons. The predicted octanol–water partition coefficient (Wildman–Crippen LogP) is 2.03. The van der Waals surface area contributed by atoms with Crippen LogP contribution in [0.2, 0.25) is 0 Å². The summed E-state index contributed by atoms with van der Waals surface area (Å²) in [5.74, 6) is 0. The van der Waals surface area contributed by atoms with E-state index in [1.165, 1.54) is 0 Å². The van der Waals surface area contributed by atoms with Crippen LogP contribution in [0.1, 0.15) is 20.3 Å². The lowest BCUT2D eigenvalue weighted by molar-refractivity contribution is 0.654. The third kappa shape index (κ3) is 2.96. The van der Waals surface area contributed by atoms with Crippen LogP contribution in [-0.4, -0.2) is 17.3 Å². The summed E-state index contributed by atoms with van der Waals surface area (Å²) in [4.78, 5) is 0.671. The number of nitrogens with two attached hydrogens (primary N) is 1. The summed E-state index contributed by atoms with van der Waals surface area (Å²) in [5, 5.41) is 0. The van der Waals surface area contributed by atoms with Gasteiger partial charge in [-0.1, -0.05) is 6.92 Å². The van der Waals surface area contributed by atoms with Crippen molar-refractivity contribution in [2.75, 3.05) is 12.8 Å². The molecule has 0 aliphatic carbocycles. The highest BCUT2D eigenvalue weighted by molar-refractivity contribution is 7.91. The molecule has 4 nitrogen and oxygen atoms in total. The molecule has 0 saturated carbocycles. The molecule has 0 saturated heterocycles. The first-order valence-corrected chi connectivity index (χ1v) is 6.83. The Morgan fingerprint density at radius 2 is 2.00 bits per heavy atom. The van der Waals surface area contributed by atoms with E-state index in [0.717, 1.165) is 6.42 Å². The van der Waals surface area contributed by atoms with Gasteiger partial charge in [-0.15, -0.1) is 0 Å². The van der Waals surface area contributed by atoms with Gasteiger partial charge in [-0.2, -0.15) is 0 Å². The number of nitrogen functional groups attached to an aromatic ring is 1. The second-order valence-electron chi connectivity index (χ2n) is 3.66. The van der Waals surface area contributed by atoms with Crippen LogP contribution >= 0.6 is 0 Å². The van der Waals surface area contributed by atoms with E-state index in [2.05, 4.69) is 9.08 Å². The lowest BCUT2D eigenvalue weighted by Crippen LogP contribution is -2.20. The fourth-order valence-corrected chi connectivity index (χ4v) is 2.84. The maximum absolute atomic E-state index is 12.5. The van der Waals surface area contributed by atoms with Crippen molar-refractivity contribution in [1.82, 2.24) is 4.72 Å². The second-order valence-corrected chi connectivity index (χ2v) is 5.80. The fourth-order valence-electron chi connectivity index (χ4n) is 1.21. The molecule has 0 fully saturated rings. The highest BCUT2D eigenvalue weighted by atomic mass is 32.2. The fraction of sp³-hybridized carbons (Fsp3) is 0.455. The third-order valence-electron chi connectivity index (χ3n) is 2.40. The Labute approximate surface area is 97.6 Å². The average molecular weight is 241 g/mol. The molecule has 2 unspecified atom stereocenters. The van der Waals surface area contributed by atoms with E-state index < -0.39 is 9.92 Å². The summed E-state index contributed by atoms with van der Waals surface area (Å²) < 4.78 is 19.6. The predicted molar refractivity (Wildman–Crippen MR) is 68.5 cm³/mol. The Bertz CT molecular complexity index is 447. The van der Waals surface area contributed by atoms with Crippen molar-refractivity contribution in [3.05, 3.63) is 24.3 Å². The average Bonchev–Trinajstić information content (AvgIpc) is 2.29. The van der Waals surface area contributed by atoms with Gasteiger partial charge in [0.2, 0.25) is 0 Å². The van der Waals surface area contributed by atoms with Crippen LogP contribution in [0, 0.1) is 0 Å². The zero-order valence-corrected chi connectivity index (χ0v) is 10.8. The zero-order valence-electron chi connectivity index (χ0n) is 9.93. The van der Waals surface area contributed by atoms with Gasteiger partial charge in [0.25, 0.3) is 0 Å². The van der Waals surface area contributed by atoms with E-state index in [1.54, 1.807) is 31.3 Å². The maximum atomic E-state index is 12.5. The minimum atomic E-state index is -2.51. The van der Waals surface area contributed by atoms with Gasteiger partial charge in [0.05, 0.1) is 10.9 Å². The van der Waals surface area contributed by atoms with Crippen LogP contribution in [0.15, 0.2) is 33.5 Å². The minimum absolute atomic E-state index is 0.0671. The standard InChI is InChI=1S/C11H19N3OS/c1-4-9(2)14-16(15,13-3)11-7-5-10(12)6-8-11/h5-9H,4,12H2,1-3H3,(H,13,14,15). The van der Waals surface area contributed by atoms with Gasteiger partial charge in [0.15, 0.2) is 0 Å². The number of hydrogen-bond acceptors (Lipinski definition) is 3. The molecule has 5 heteroatoms. The first kappa shape index (κ1) is 13.0. The molecular formula is C11H19N3OS. The van der Waals surface area contributed by atoms with Crippen LogP contribution in [-0.2, 0) is 9.92 Å². The lowest BCUT2D eigenvalue weighted by Gasteiger charge is -2.12. The van der Waals surface area contributed by atoms with Crippen LogP contribution in [0.5, 0.6) is 0 Å². The molecule has 0 heterocycles. The summed E-state index contributed by atoms with van der Waals surface area (Å²) >= 11 is 0. The number of benzene rings is 1. The first-order valence-electron chi connectivity index (χ1n) is 5.32. The SMILES string of the molecule is CCC(C)N=S(=O)(NC)c1ccc(N)cc1. The van der Waals surface area contributed by atoms with Gasteiger partial charge in [-0.05, 0) is 44.7 Å². The topological polar surface area (TPSA) is 67.5 Å². The summed E-state index contributed by atoms with van der Waals surface area (Å²) in [6.45, 7) is 3.97. The second kappa shape index (κ2) is 5.32. The highest BCUT2D eigenvalue weighted by Gasteiger charge is 2.11. The number of nitrogens with one attached hydrogen (secondary N) is 1. The van der Waals surface area contributed by atoms with Gasteiger partial charge in [0.1, 0.15) is 9.92 Å². The van der Waals surface area contributed by atoms with Crippen LogP contribution in [0.3, 0.4) is 0 Å². The Kier molecular flexibility index (Phi) is 4.32. The third-order valence-corrected chi connectivity index (χ3v) is 4.52. The van der Waals surface area contributed by atoms with Gasteiger partial charge in [-0.3, -0.25) is 0 Å². The number of nitrogens with zero attached hydrogens (tertiary/aromatic N) is 1. The number of hydrogen-bond donors (Lipinski definition) is 2. The molecule has 0 aliphatic rings. The van der Waals surface area contributed by atoms with Crippen molar-refractivity contribution in [2.24, 2.45) is 4.36 Å². The van der Waals surface area contributed by atoms with Crippen LogP contribution in [0.25, 0.3) is 0 Å². The molecule has 2 atom stereocenters. The quantitative estimate of drug-likeness (QED) is 0.792. The molecule has 0 spiro atoms. The number of rotatable bonds is 4. The van der Waals surface area contributed by atoms with E-state index in [4.69, 9.17) is 5.73 Å². The smallest absolute Gasteiger partial charge is 0.137 e. The monoisotopic (exact) mass is 241 g/mol. The summed E-state index contributed by atoms with van der Waals surface area (Å²) in [6.07, 6.45) is 0.869. The molecule has 0 aliphatic heterocycles.